The summed E-state index contributed by atoms with van der Waals surface area (Å²) in [5.41, 5.74) is 18.5. The number of ether oxygens (including phenoxy) is 4. The molecule has 0 aliphatic rings. The molecule has 0 saturated carbocycles. The largest absolute Gasteiger partial charge is 0.456 e. The molecular formula is C72H60F5NO4. The van der Waals surface area contributed by atoms with Crippen LogP contribution in [0.25, 0.3) is 60.9 Å². The first-order valence-corrected chi connectivity index (χ1v) is 26.7. The van der Waals surface area contributed by atoms with Crippen LogP contribution >= 0.6 is 0 Å². The fraction of sp³-hybridized carbons (Fsp3) is 0.111. The molecule has 10 heteroatoms. The van der Waals surface area contributed by atoms with E-state index in [0.29, 0.717) is 32.2 Å². The molecule has 0 saturated heterocycles. The van der Waals surface area contributed by atoms with Crippen LogP contribution in [-0.2, 0) is 35.9 Å². The fourth-order valence-corrected chi connectivity index (χ4v) is 9.07. The number of para-hydroxylation sites is 2. The highest BCUT2D eigenvalue weighted by Gasteiger charge is 2.12. The Labute approximate surface area is 475 Å². The topological polar surface area (TPSA) is 41.9 Å². The van der Waals surface area contributed by atoms with Crippen LogP contribution in [0.1, 0.15) is 45.9 Å². The second-order valence-corrected chi connectivity index (χ2v) is 19.7. The smallest absolute Gasteiger partial charge is 0.344 e. The van der Waals surface area contributed by atoms with E-state index in [-0.39, 0.29) is 5.75 Å². The maximum Gasteiger partial charge on any atom is 0.344 e. The molecule has 82 heavy (non-hydrogen) atoms. The molecule has 0 unspecified atom stereocenters. The Bertz CT molecular complexity index is 3670. The molecule has 0 amide bonds. The second-order valence-electron chi connectivity index (χ2n) is 19.7. The highest BCUT2D eigenvalue weighted by atomic mass is 19.3. The number of hydrogen-bond acceptors (Lipinski definition) is 4. The normalized spacial score (nSPS) is 10.8. The van der Waals surface area contributed by atoms with E-state index in [9.17, 15) is 22.0 Å². The van der Waals surface area contributed by atoms with Crippen LogP contribution in [0.2, 0.25) is 0 Å². The molecule has 0 N–H and O–H groups in total. The van der Waals surface area contributed by atoms with Gasteiger partial charge in [0, 0.05) is 16.5 Å². The Morgan fingerprint density at radius 3 is 0.951 bits per heavy atom. The van der Waals surface area contributed by atoms with Crippen molar-refractivity contribution in [3.05, 3.63) is 306 Å². The summed E-state index contributed by atoms with van der Waals surface area (Å²) < 4.78 is 84.8. The van der Waals surface area contributed by atoms with Crippen molar-refractivity contribution in [2.24, 2.45) is 0 Å². The number of allylic oxidation sites excluding steroid dienone is 1. The zero-order chi connectivity index (χ0) is 57.4. The summed E-state index contributed by atoms with van der Waals surface area (Å²) in [4.78, 5) is 0. The van der Waals surface area contributed by atoms with Gasteiger partial charge < -0.3 is 23.5 Å². The maximum absolute atomic E-state index is 12.7. The molecule has 412 valence electrons. The Balaban J connectivity index is 0.000000148. The lowest BCUT2D eigenvalue weighted by atomic mass is 10.0. The van der Waals surface area contributed by atoms with E-state index < -0.39 is 23.9 Å². The SMILES string of the molecule is CC(Oc1ccc(COCc2ccc(-c3ccc(C)cc3)cc2)cc1)=C(F)F.Cc1ccc(-c2ccc(-n3c4ccccc4c4ccccc43)cc2)cc1.Cc1ccc(-c2ccc(COCc3ccc(OC(F)=C(F)F)cc3)cc2)cc1. The van der Waals surface area contributed by atoms with E-state index in [2.05, 4.69) is 212 Å². The maximum atomic E-state index is 12.7. The van der Waals surface area contributed by atoms with Gasteiger partial charge in [-0.2, -0.15) is 22.0 Å². The van der Waals surface area contributed by atoms with Crippen LogP contribution in [0, 0.1) is 20.8 Å². The predicted octanol–water partition coefficient (Wildman–Crippen LogP) is 20.4. The number of rotatable bonds is 16. The van der Waals surface area contributed by atoms with Crippen molar-refractivity contribution >= 4 is 21.8 Å². The molecule has 0 aliphatic heterocycles. The van der Waals surface area contributed by atoms with Gasteiger partial charge in [0.15, 0.2) is 5.76 Å². The number of aromatic nitrogens is 1. The van der Waals surface area contributed by atoms with Gasteiger partial charge in [-0.25, -0.2) is 0 Å². The van der Waals surface area contributed by atoms with Gasteiger partial charge in [0.1, 0.15) is 11.5 Å². The van der Waals surface area contributed by atoms with Crippen molar-refractivity contribution in [3.63, 3.8) is 0 Å². The summed E-state index contributed by atoms with van der Waals surface area (Å²) >= 11 is 0. The lowest BCUT2D eigenvalue weighted by Crippen LogP contribution is -1.95. The average Bonchev–Trinajstić information content (AvgIpc) is 3.86. The van der Waals surface area contributed by atoms with Crippen molar-refractivity contribution in [1.29, 1.82) is 0 Å². The van der Waals surface area contributed by atoms with Crippen LogP contribution in [-0.4, -0.2) is 4.57 Å². The Kier molecular flexibility index (Phi) is 19.4. The van der Waals surface area contributed by atoms with Gasteiger partial charge in [0.05, 0.1) is 37.5 Å². The van der Waals surface area contributed by atoms with Crippen LogP contribution in [0.5, 0.6) is 11.5 Å². The quantitative estimate of drug-likeness (QED) is 0.0714. The molecule has 1 aromatic heterocycles. The zero-order valence-electron chi connectivity index (χ0n) is 45.9. The van der Waals surface area contributed by atoms with E-state index in [1.54, 1.807) is 36.4 Å². The molecule has 0 spiro atoms. The lowest BCUT2D eigenvalue weighted by Gasteiger charge is -2.09. The third-order valence-electron chi connectivity index (χ3n) is 13.6. The molecule has 1 heterocycles. The Morgan fingerprint density at radius 2 is 0.622 bits per heavy atom. The summed E-state index contributed by atoms with van der Waals surface area (Å²) in [7, 11) is 0. The van der Waals surface area contributed by atoms with Crippen LogP contribution in [0.3, 0.4) is 0 Å². The van der Waals surface area contributed by atoms with Gasteiger partial charge in [0.25, 0.3) is 0 Å². The minimum Gasteiger partial charge on any atom is -0.456 e. The number of benzene rings is 10. The van der Waals surface area contributed by atoms with E-state index in [1.165, 1.54) is 91.1 Å². The molecule has 11 rings (SSSR count). The highest BCUT2D eigenvalue weighted by Crippen LogP contribution is 2.33. The molecule has 0 radical (unpaired) electrons. The Morgan fingerprint density at radius 1 is 0.329 bits per heavy atom. The van der Waals surface area contributed by atoms with Crippen molar-refractivity contribution in [2.75, 3.05) is 0 Å². The van der Waals surface area contributed by atoms with Crippen LogP contribution in [0.4, 0.5) is 22.0 Å². The van der Waals surface area contributed by atoms with E-state index in [1.807, 2.05) is 12.1 Å². The van der Waals surface area contributed by atoms with Crippen LogP contribution in [0.15, 0.2) is 267 Å². The molecule has 0 aliphatic carbocycles. The standard InChI is InChI=1S/C25H19N.C24H22F2O2.C23H19F3O2/c1-18-10-12-19(13-11-18)20-14-16-21(17-15-20)26-24-8-4-2-6-22(24)23-7-3-5-9-25(23)26;1-17-3-9-21(10-4-17)22-11-5-19(6-12-22)15-27-16-20-7-13-23(14-8-20)28-18(2)24(25)26;1-16-2-8-19(9-3-16)20-10-4-17(5-11-20)14-27-15-18-6-12-21(13-7-18)28-23(26)22(24)25/h2-17H,1H3;3-14H,15-16H2,1-2H3;2-13H,14-15H2,1H3. The van der Waals surface area contributed by atoms with Gasteiger partial charge in [-0.1, -0.05) is 211 Å². The number of hydrogen-bond donors (Lipinski definition) is 0. The van der Waals surface area contributed by atoms with Gasteiger partial charge in [-0.3, -0.25) is 0 Å². The molecule has 0 fully saturated rings. The average molecular weight is 1100 g/mol. The van der Waals surface area contributed by atoms with E-state index in [0.717, 1.165) is 27.8 Å². The van der Waals surface area contributed by atoms with E-state index in [4.69, 9.17) is 14.2 Å². The number of nitrogens with zero attached hydrogens (tertiary/aromatic N) is 1. The minimum atomic E-state index is -2.49. The van der Waals surface area contributed by atoms with Crippen molar-refractivity contribution < 1.29 is 40.9 Å². The van der Waals surface area contributed by atoms with Crippen molar-refractivity contribution in [3.8, 4) is 50.6 Å². The fourth-order valence-electron chi connectivity index (χ4n) is 9.07. The first-order chi connectivity index (χ1) is 39.8. The minimum absolute atomic E-state index is 0.000689. The molecular weight excluding hydrogens is 1040 g/mol. The van der Waals surface area contributed by atoms with Crippen molar-refractivity contribution in [1.82, 2.24) is 4.57 Å². The van der Waals surface area contributed by atoms with Gasteiger partial charge in [-0.05, 0) is 132 Å². The van der Waals surface area contributed by atoms with Gasteiger partial charge in [-0.15, -0.1) is 0 Å². The number of halogens is 5. The second kappa shape index (κ2) is 27.7. The molecule has 11 aromatic rings. The summed E-state index contributed by atoms with van der Waals surface area (Å²) in [5, 5.41) is 2.59. The van der Waals surface area contributed by atoms with Gasteiger partial charge in [0.2, 0.25) is 0 Å². The molecule has 5 nitrogen and oxygen atoms in total. The monoisotopic (exact) mass is 1100 g/mol. The highest BCUT2D eigenvalue weighted by molar-refractivity contribution is 6.09. The molecule has 0 atom stereocenters. The summed E-state index contributed by atoms with van der Waals surface area (Å²) in [6, 6.07) is 79.2. The number of aryl methyl sites for hydroxylation is 3. The molecule has 0 bridgehead atoms. The first kappa shape index (κ1) is 57.3. The zero-order valence-corrected chi connectivity index (χ0v) is 45.9. The third kappa shape index (κ3) is 15.5. The van der Waals surface area contributed by atoms with Gasteiger partial charge >= 0.3 is 18.2 Å². The first-order valence-electron chi connectivity index (χ1n) is 26.7. The Hall–Kier alpha value is -9.35. The van der Waals surface area contributed by atoms with E-state index >= 15 is 0 Å². The summed E-state index contributed by atoms with van der Waals surface area (Å²) in [6.45, 7) is 9.21. The molecule has 10 aromatic carbocycles. The van der Waals surface area contributed by atoms with Crippen molar-refractivity contribution in [2.45, 2.75) is 54.1 Å². The summed E-state index contributed by atoms with van der Waals surface area (Å²) in [6.07, 6.45) is -4.30. The number of fused-ring (bicyclic) bond motifs is 3. The summed E-state index contributed by atoms with van der Waals surface area (Å²) in [5.74, 6) is -0.0143. The predicted molar refractivity (Wildman–Crippen MR) is 321 cm³/mol. The lowest BCUT2D eigenvalue weighted by molar-refractivity contribution is 0.107. The van der Waals surface area contributed by atoms with Crippen LogP contribution < -0.4 is 9.47 Å². The third-order valence-corrected chi connectivity index (χ3v) is 13.6.